The summed E-state index contributed by atoms with van der Waals surface area (Å²) in [6, 6.07) is 5.89. The second-order valence-electron chi connectivity index (χ2n) is 12.2. The van der Waals surface area contributed by atoms with E-state index >= 15 is 0 Å². The fourth-order valence-corrected chi connectivity index (χ4v) is 5.03. The molecule has 1 aromatic carbocycles. The molecule has 2 spiro atoms. The normalized spacial score (nSPS) is 23.8. The second kappa shape index (κ2) is 9.27. The Morgan fingerprint density at radius 1 is 0.921 bits per heavy atom. The van der Waals surface area contributed by atoms with Crippen LogP contribution in [-0.2, 0) is 29.2 Å². The van der Waals surface area contributed by atoms with Crippen molar-refractivity contribution in [3.05, 3.63) is 35.4 Å². The maximum Gasteiger partial charge on any atom is 0.428 e. The lowest BCUT2D eigenvalue weighted by molar-refractivity contribution is -0.185. The SMILES string of the molecule is CC(C)(C)OC(=O)N(C(=O)OC(C)(C)C)C1=NC2(CO1)c1cc(C3=CCOCC3)ccc1OCC21COC1. The number of benzene rings is 1. The summed E-state index contributed by atoms with van der Waals surface area (Å²) in [5.41, 5.74) is -0.0851. The number of carbonyl (C=O) groups is 2. The van der Waals surface area contributed by atoms with E-state index in [1.807, 2.05) is 12.1 Å². The number of amidine groups is 1. The number of ether oxygens (including phenoxy) is 6. The van der Waals surface area contributed by atoms with Crippen molar-refractivity contribution in [2.24, 2.45) is 10.4 Å². The summed E-state index contributed by atoms with van der Waals surface area (Å²) in [7, 11) is 0. The molecular formula is C28H36N2O8. The molecule has 38 heavy (non-hydrogen) atoms. The lowest BCUT2D eigenvalue weighted by Gasteiger charge is -2.53. The van der Waals surface area contributed by atoms with Crippen molar-refractivity contribution in [1.29, 1.82) is 0 Å². The highest BCUT2D eigenvalue weighted by molar-refractivity contribution is 6.06. The molecule has 1 unspecified atom stereocenters. The zero-order valence-corrected chi connectivity index (χ0v) is 22.9. The summed E-state index contributed by atoms with van der Waals surface area (Å²) in [6.45, 7) is 12.9. The van der Waals surface area contributed by atoms with Gasteiger partial charge < -0.3 is 28.4 Å². The van der Waals surface area contributed by atoms with Crippen molar-refractivity contribution >= 4 is 23.8 Å². The van der Waals surface area contributed by atoms with E-state index in [9.17, 15) is 9.59 Å². The van der Waals surface area contributed by atoms with Crippen molar-refractivity contribution < 1.29 is 38.0 Å². The first-order chi connectivity index (χ1) is 17.8. The average molecular weight is 529 g/mol. The lowest BCUT2D eigenvalue weighted by Crippen LogP contribution is -2.63. The van der Waals surface area contributed by atoms with Crippen LogP contribution < -0.4 is 4.74 Å². The number of imide groups is 1. The Morgan fingerprint density at radius 2 is 1.61 bits per heavy atom. The second-order valence-corrected chi connectivity index (χ2v) is 12.2. The minimum atomic E-state index is -0.932. The van der Waals surface area contributed by atoms with E-state index in [0.29, 0.717) is 38.8 Å². The molecule has 0 radical (unpaired) electrons. The number of rotatable bonds is 1. The van der Waals surface area contributed by atoms with Gasteiger partial charge in [0.15, 0.2) is 0 Å². The van der Waals surface area contributed by atoms with Crippen molar-refractivity contribution in [2.45, 2.75) is 64.7 Å². The molecule has 10 heteroatoms. The van der Waals surface area contributed by atoms with Gasteiger partial charge in [-0.2, -0.15) is 0 Å². The third kappa shape index (κ3) is 4.75. The standard InChI is InChI=1S/C28H36N2O8/c1-25(2,3)37-23(31)30(24(32)38-26(4,5)6)22-29-28(17-36-22)20-13-19(18-9-11-33-12-10-18)7-8-21(20)35-16-27(28)14-34-15-27/h7-9,13H,10-12,14-17H2,1-6H3. The van der Waals surface area contributed by atoms with Gasteiger partial charge in [0, 0.05) is 5.56 Å². The monoisotopic (exact) mass is 528 g/mol. The maximum atomic E-state index is 13.3. The van der Waals surface area contributed by atoms with Gasteiger partial charge in [0.1, 0.15) is 35.7 Å². The molecule has 0 aliphatic carbocycles. The molecule has 4 aliphatic rings. The van der Waals surface area contributed by atoms with Gasteiger partial charge in [0.25, 0.3) is 0 Å². The molecule has 206 valence electrons. The van der Waals surface area contributed by atoms with E-state index < -0.39 is 34.3 Å². The van der Waals surface area contributed by atoms with Crippen LogP contribution in [0.5, 0.6) is 5.75 Å². The van der Waals surface area contributed by atoms with E-state index in [2.05, 4.69) is 12.1 Å². The minimum Gasteiger partial charge on any atom is -0.492 e. The molecule has 5 rings (SSSR count). The highest BCUT2D eigenvalue weighted by Gasteiger charge is 2.65. The Hall–Kier alpha value is -3.11. The van der Waals surface area contributed by atoms with E-state index in [-0.39, 0.29) is 12.6 Å². The molecule has 1 saturated heterocycles. The van der Waals surface area contributed by atoms with Crippen LogP contribution in [0.15, 0.2) is 29.3 Å². The van der Waals surface area contributed by atoms with Crippen LogP contribution in [0.3, 0.4) is 0 Å². The maximum absolute atomic E-state index is 13.3. The molecule has 4 aliphatic heterocycles. The van der Waals surface area contributed by atoms with E-state index in [0.717, 1.165) is 22.4 Å². The van der Waals surface area contributed by atoms with Crippen LogP contribution >= 0.6 is 0 Å². The molecule has 0 saturated carbocycles. The third-order valence-corrected chi connectivity index (χ3v) is 6.94. The van der Waals surface area contributed by atoms with Crippen LogP contribution in [0, 0.1) is 5.41 Å². The number of hydrogen-bond donors (Lipinski definition) is 0. The molecule has 1 atom stereocenters. The Bertz CT molecular complexity index is 1160. The van der Waals surface area contributed by atoms with Crippen LogP contribution in [0.2, 0.25) is 0 Å². The first kappa shape index (κ1) is 26.5. The summed E-state index contributed by atoms with van der Waals surface area (Å²) in [6.07, 6.45) is 1.04. The van der Waals surface area contributed by atoms with E-state index in [4.69, 9.17) is 33.4 Å². The highest BCUT2D eigenvalue weighted by atomic mass is 16.6. The summed E-state index contributed by atoms with van der Waals surface area (Å²) >= 11 is 0. The Labute approximate surface area is 222 Å². The predicted octanol–water partition coefficient (Wildman–Crippen LogP) is 4.65. The molecule has 2 amide bonds. The van der Waals surface area contributed by atoms with Gasteiger partial charge in [-0.05, 0) is 71.2 Å². The predicted molar refractivity (Wildman–Crippen MR) is 138 cm³/mol. The first-order valence-corrected chi connectivity index (χ1v) is 12.9. The fourth-order valence-electron chi connectivity index (χ4n) is 5.03. The van der Waals surface area contributed by atoms with Gasteiger partial charge in [-0.3, -0.25) is 0 Å². The molecular weight excluding hydrogens is 492 g/mol. The van der Waals surface area contributed by atoms with E-state index in [1.54, 1.807) is 41.5 Å². The molecule has 0 aromatic heterocycles. The fraction of sp³-hybridized carbons (Fsp3) is 0.607. The van der Waals surface area contributed by atoms with Gasteiger partial charge >= 0.3 is 18.2 Å². The summed E-state index contributed by atoms with van der Waals surface area (Å²) in [4.78, 5) is 32.3. The van der Waals surface area contributed by atoms with Crippen molar-refractivity contribution in [3.8, 4) is 5.75 Å². The van der Waals surface area contributed by atoms with Crippen LogP contribution in [0.1, 0.15) is 59.1 Å². The molecule has 4 heterocycles. The third-order valence-electron chi connectivity index (χ3n) is 6.94. The van der Waals surface area contributed by atoms with Gasteiger partial charge in [0.2, 0.25) is 0 Å². The Morgan fingerprint density at radius 3 is 2.16 bits per heavy atom. The van der Waals surface area contributed by atoms with Crippen molar-refractivity contribution in [3.63, 3.8) is 0 Å². The van der Waals surface area contributed by atoms with Crippen LogP contribution in [0.4, 0.5) is 9.59 Å². The average Bonchev–Trinajstić information content (AvgIpc) is 3.21. The van der Waals surface area contributed by atoms with Crippen molar-refractivity contribution in [2.75, 3.05) is 39.6 Å². The molecule has 0 N–H and O–H groups in total. The first-order valence-electron chi connectivity index (χ1n) is 12.9. The Balaban J connectivity index is 1.60. The Kier molecular flexibility index (Phi) is 6.46. The summed E-state index contributed by atoms with van der Waals surface area (Å²) in [5, 5.41) is 0. The summed E-state index contributed by atoms with van der Waals surface area (Å²) < 4.78 is 34.5. The van der Waals surface area contributed by atoms with Gasteiger partial charge in [-0.1, -0.05) is 12.1 Å². The minimum absolute atomic E-state index is 0.107. The smallest absolute Gasteiger partial charge is 0.428 e. The van der Waals surface area contributed by atoms with Gasteiger partial charge in [0.05, 0.1) is 31.8 Å². The number of aliphatic imine (C=N–C) groups is 1. The number of amides is 2. The number of nitrogens with zero attached hydrogens (tertiary/aromatic N) is 2. The summed E-state index contributed by atoms with van der Waals surface area (Å²) in [5.74, 6) is 0.689. The molecule has 1 aromatic rings. The topological polar surface area (TPSA) is 105 Å². The van der Waals surface area contributed by atoms with E-state index in [1.165, 1.54) is 5.57 Å². The van der Waals surface area contributed by atoms with Crippen LogP contribution in [0.25, 0.3) is 5.57 Å². The number of hydrogen-bond acceptors (Lipinski definition) is 9. The zero-order chi connectivity index (χ0) is 27.3. The van der Waals surface area contributed by atoms with Gasteiger partial charge in [-0.15, -0.1) is 4.90 Å². The van der Waals surface area contributed by atoms with Crippen LogP contribution in [-0.4, -0.2) is 74.0 Å². The quantitative estimate of drug-likeness (QED) is 0.519. The lowest BCUT2D eigenvalue weighted by atomic mass is 9.64. The zero-order valence-electron chi connectivity index (χ0n) is 22.9. The largest absolute Gasteiger partial charge is 0.492 e. The highest BCUT2D eigenvalue weighted by Crippen LogP contribution is 2.56. The number of fused-ring (bicyclic) bond motifs is 3. The molecule has 0 bridgehead atoms. The van der Waals surface area contributed by atoms with Crippen molar-refractivity contribution in [1.82, 2.24) is 4.90 Å². The van der Waals surface area contributed by atoms with Gasteiger partial charge in [-0.25, -0.2) is 14.6 Å². The molecule has 10 nitrogen and oxygen atoms in total. The number of carbonyl (C=O) groups excluding carboxylic acids is 2. The molecule has 1 fully saturated rings.